The van der Waals surface area contributed by atoms with Gasteiger partial charge in [0.1, 0.15) is 5.75 Å². The summed E-state index contributed by atoms with van der Waals surface area (Å²) in [7, 11) is 0. The van der Waals surface area contributed by atoms with Crippen LogP contribution < -0.4 is 4.74 Å². The van der Waals surface area contributed by atoms with Crippen LogP contribution in [0.15, 0.2) is 42.5 Å². The Bertz CT molecular complexity index is 406. The molecule has 0 unspecified atom stereocenters. The average Bonchev–Trinajstić information content (AvgIpc) is 2.19. The molecule has 0 aliphatic rings. The zero-order valence-electron chi connectivity index (χ0n) is 7.66. The molecule has 2 aromatic carbocycles. The van der Waals surface area contributed by atoms with E-state index in [-0.39, 0.29) is 51.4 Å². The van der Waals surface area contributed by atoms with Crippen molar-refractivity contribution in [3.05, 3.63) is 42.5 Å². The first-order valence-corrected chi connectivity index (χ1v) is 4.52. The fourth-order valence-electron chi connectivity index (χ4n) is 1.48. The van der Waals surface area contributed by atoms with Crippen molar-refractivity contribution in [2.24, 2.45) is 0 Å². The first-order chi connectivity index (χ1) is 6.42. The first kappa shape index (κ1) is 12.2. The van der Waals surface area contributed by atoms with Gasteiger partial charge in [-0.2, -0.15) is 0 Å². The molecule has 2 rings (SSSR count). The van der Waals surface area contributed by atoms with Crippen molar-refractivity contribution in [3.63, 3.8) is 0 Å². The van der Waals surface area contributed by atoms with Crippen molar-refractivity contribution in [1.29, 1.82) is 0 Å². The Labute approximate surface area is 127 Å². The van der Waals surface area contributed by atoms with Crippen LogP contribution in [0, 0.1) is 0 Å². The molecular weight excluding hydrogens is 199 g/mol. The summed E-state index contributed by atoms with van der Waals surface area (Å²) in [6.07, 6.45) is 0. The fraction of sp³-hybridized carbons (Fsp3) is 0.167. The third kappa shape index (κ3) is 2.58. The van der Waals surface area contributed by atoms with Crippen LogP contribution in [-0.2, 0) is 0 Å². The van der Waals surface area contributed by atoms with E-state index in [0.717, 1.165) is 5.75 Å². The Hall–Kier alpha value is 0.136. The fourth-order valence-corrected chi connectivity index (χ4v) is 1.48. The quantitative estimate of drug-likeness (QED) is 0.695. The molecule has 0 N–H and O–H groups in total. The van der Waals surface area contributed by atoms with Crippen LogP contribution in [0.2, 0.25) is 0 Å². The van der Waals surface area contributed by atoms with Gasteiger partial charge in [-0.1, -0.05) is 36.4 Å². The van der Waals surface area contributed by atoms with E-state index in [9.17, 15) is 0 Å². The van der Waals surface area contributed by atoms with Crippen LogP contribution in [0.25, 0.3) is 10.8 Å². The Morgan fingerprint density at radius 1 is 1.00 bits per heavy atom. The van der Waals surface area contributed by atoms with Gasteiger partial charge >= 0.3 is 51.4 Å². The number of hydrogen-bond donors (Lipinski definition) is 0. The molecule has 0 spiro atoms. The molecule has 0 radical (unpaired) electrons. The summed E-state index contributed by atoms with van der Waals surface area (Å²) in [4.78, 5) is 0. The monoisotopic (exact) mass is 212 g/mol. The minimum atomic E-state index is 0. The van der Waals surface area contributed by atoms with Crippen LogP contribution >= 0.6 is 0 Å². The van der Waals surface area contributed by atoms with Crippen molar-refractivity contribution in [2.75, 3.05) is 6.61 Å². The minimum absolute atomic E-state index is 0. The second-order valence-electron chi connectivity index (χ2n) is 2.91. The molecule has 0 fully saturated rings. The molecule has 0 bridgehead atoms. The molecule has 68 valence electrons. The molecule has 0 saturated carbocycles. The molecule has 1 nitrogen and oxygen atoms in total. The summed E-state index contributed by atoms with van der Waals surface area (Å²) < 4.78 is 5.52. The van der Waals surface area contributed by atoms with Gasteiger partial charge < -0.3 is 4.74 Å². The maximum atomic E-state index is 5.52. The van der Waals surface area contributed by atoms with Gasteiger partial charge in [-0.25, -0.2) is 0 Å². The van der Waals surface area contributed by atoms with E-state index >= 15 is 0 Å². The van der Waals surface area contributed by atoms with Gasteiger partial charge in [-0.15, -0.1) is 0 Å². The van der Waals surface area contributed by atoms with Crippen molar-refractivity contribution in [1.82, 2.24) is 0 Å². The molecule has 0 saturated heterocycles. The van der Waals surface area contributed by atoms with E-state index in [4.69, 9.17) is 4.74 Å². The number of hydrogen-bond acceptors (Lipinski definition) is 1. The van der Waals surface area contributed by atoms with Crippen molar-refractivity contribution in [2.45, 2.75) is 6.92 Å². The number of rotatable bonds is 2. The summed E-state index contributed by atoms with van der Waals surface area (Å²) in [5, 5.41) is 2.42. The summed E-state index contributed by atoms with van der Waals surface area (Å²) in [6, 6.07) is 14.4. The van der Waals surface area contributed by atoms with Crippen LogP contribution in [0.5, 0.6) is 5.75 Å². The van der Waals surface area contributed by atoms with Gasteiger partial charge in [0.15, 0.2) is 0 Å². The number of ether oxygens (including phenoxy) is 1. The summed E-state index contributed by atoms with van der Waals surface area (Å²) >= 11 is 0. The van der Waals surface area contributed by atoms with Crippen LogP contribution in [-0.4, -0.2) is 58.0 Å². The van der Waals surface area contributed by atoms with Gasteiger partial charge in [0.25, 0.3) is 0 Å². The average molecular weight is 212 g/mol. The Kier molecular flexibility index (Phi) is 5.13. The molecule has 0 atom stereocenters. The molecule has 2 aromatic rings. The number of benzene rings is 2. The van der Waals surface area contributed by atoms with E-state index in [2.05, 4.69) is 18.2 Å². The third-order valence-corrected chi connectivity index (χ3v) is 2.05. The predicted octanol–water partition coefficient (Wildman–Crippen LogP) is 2.59. The SMILES string of the molecule is CCOc1cccc2ccccc12.[KH]. The standard InChI is InChI=1S/C12H12O.K.H/c1-2-13-12-9-5-7-10-6-3-4-8-11(10)12;;/h3-9H,2H2,1H3;;. The van der Waals surface area contributed by atoms with E-state index < -0.39 is 0 Å². The zero-order valence-corrected chi connectivity index (χ0v) is 7.66. The molecular formula is C12H13KO. The van der Waals surface area contributed by atoms with Crippen LogP contribution in [0.3, 0.4) is 0 Å². The van der Waals surface area contributed by atoms with Gasteiger partial charge in [0.2, 0.25) is 0 Å². The molecule has 0 amide bonds. The topological polar surface area (TPSA) is 9.23 Å². The molecule has 0 aliphatic heterocycles. The van der Waals surface area contributed by atoms with E-state index in [1.54, 1.807) is 0 Å². The second kappa shape index (κ2) is 5.88. The van der Waals surface area contributed by atoms with Gasteiger partial charge in [-0.05, 0) is 18.4 Å². The molecule has 2 heteroatoms. The summed E-state index contributed by atoms with van der Waals surface area (Å²) in [6.45, 7) is 2.72. The van der Waals surface area contributed by atoms with Gasteiger partial charge in [0.05, 0.1) is 6.61 Å². The Morgan fingerprint density at radius 3 is 2.50 bits per heavy atom. The molecule has 0 heterocycles. The van der Waals surface area contributed by atoms with Gasteiger partial charge in [0, 0.05) is 5.39 Å². The maximum absolute atomic E-state index is 5.52. The zero-order chi connectivity index (χ0) is 9.10. The van der Waals surface area contributed by atoms with Crippen molar-refractivity contribution in [3.8, 4) is 5.75 Å². The normalized spacial score (nSPS) is 9.50. The third-order valence-electron chi connectivity index (χ3n) is 2.05. The summed E-state index contributed by atoms with van der Waals surface area (Å²) in [5.41, 5.74) is 0. The van der Waals surface area contributed by atoms with Crippen LogP contribution in [0.4, 0.5) is 0 Å². The second-order valence-corrected chi connectivity index (χ2v) is 2.91. The van der Waals surface area contributed by atoms with Crippen molar-refractivity contribution < 1.29 is 4.74 Å². The molecule has 14 heavy (non-hydrogen) atoms. The molecule has 0 aromatic heterocycles. The van der Waals surface area contributed by atoms with E-state index in [0.29, 0.717) is 6.61 Å². The number of fused-ring (bicyclic) bond motifs is 1. The van der Waals surface area contributed by atoms with Gasteiger partial charge in [-0.3, -0.25) is 0 Å². The van der Waals surface area contributed by atoms with Crippen LogP contribution in [0.1, 0.15) is 6.92 Å². The molecule has 0 aliphatic carbocycles. The van der Waals surface area contributed by atoms with Crippen molar-refractivity contribution >= 4 is 62.2 Å². The Balaban J connectivity index is 0.000000980. The summed E-state index contributed by atoms with van der Waals surface area (Å²) in [5.74, 6) is 0.973. The Morgan fingerprint density at radius 2 is 1.71 bits per heavy atom. The predicted molar refractivity (Wildman–Crippen MR) is 62.3 cm³/mol. The van der Waals surface area contributed by atoms with E-state index in [1.165, 1.54) is 10.8 Å². The first-order valence-electron chi connectivity index (χ1n) is 4.52. The van der Waals surface area contributed by atoms with E-state index in [1.807, 2.05) is 31.2 Å².